The number of aryl methyl sites for hydroxylation is 1. The molecule has 2 fully saturated rings. The van der Waals surface area contributed by atoms with E-state index in [1.807, 2.05) is 0 Å². The van der Waals surface area contributed by atoms with Crippen LogP contribution in [0.3, 0.4) is 0 Å². The highest BCUT2D eigenvalue weighted by atomic mass is 19.4. The number of hydrogen-bond acceptors (Lipinski definition) is 5. The monoisotopic (exact) mass is 472 g/mol. The minimum absolute atomic E-state index is 0.0712. The number of alkyl halides is 3. The minimum Gasteiger partial charge on any atom is -0.343 e. The van der Waals surface area contributed by atoms with E-state index < -0.39 is 23.8 Å². The van der Waals surface area contributed by atoms with Crippen LogP contribution in [0.2, 0.25) is 0 Å². The summed E-state index contributed by atoms with van der Waals surface area (Å²) in [7, 11) is 2.96. The van der Waals surface area contributed by atoms with E-state index in [-0.39, 0.29) is 56.1 Å². The van der Waals surface area contributed by atoms with Crippen LogP contribution in [0, 0.1) is 5.92 Å². The molecule has 33 heavy (non-hydrogen) atoms. The third-order valence-corrected chi connectivity index (χ3v) is 6.31. The van der Waals surface area contributed by atoms with Crippen LogP contribution < -0.4 is 10.6 Å². The average Bonchev–Trinajstić information content (AvgIpc) is 3.19. The molecule has 0 aromatic carbocycles. The molecule has 3 rings (SSSR count). The average molecular weight is 473 g/mol. The summed E-state index contributed by atoms with van der Waals surface area (Å²) in [6.07, 6.45) is 0.264. The number of carbonyl (C=O) groups is 3. The first-order chi connectivity index (χ1) is 15.6. The lowest BCUT2D eigenvalue weighted by Gasteiger charge is -2.38. The fraction of sp³-hybridized carbons (Fsp3) is 0.714. The van der Waals surface area contributed by atoms with Gasteiger partial charge in [-0.05, 0) is 25.8 Å². The number of piperazine rings is 1. The summed E-state index contributed by atoms with van der Waals surface area (Å²) in [5.41, 5.74) is -1.27. The van der Waals surface area contributed by atoms with Gasteiger partial charge in [0.1, 0.15) is 11.7 Å². The highest BCUT2D eigenvalue weighted by molar-refractivity contribution is 5.93. The lowest BCUT2D eigenvalue weighted by atomic mass is 9.83. The Morgan fingerprint density at radius 1 is 1.09 bits per heavy atom. The van der Waals surface area contributed by atoms with Crippen LogP contribution in [0.25, 0.3) is 0 Å². The highest BCUT2D eigenvalue weighted by Crippen LogP contribution is 2.29. The van der Waals surface area contributed by atoms with E-state index in [1.54, 1.807) is 11.9 Å². The summed E-state index contributed by atoms with van der Waals surface area (Å²) in [5, 5.41) is 9.06. The predicted octanol–water partition coefficient (Wildman–Crippen LogP) is 1.01. The quantitative estimate of drug-likeness (QED) is 0.644. The normalized spacial score (nSPS) is 18.8. The zero-order chi connectivity index (χ0) is 24.2. The lowest BCUT2D eigenvalue weighted by molar-refractivity contribution is -0.141. The molecule has 1 unspecified atom stereocenters. The molecular formula is C21H31F3N6O3. The molecule has 12 heteroatoms. The molecule has 3 amide bonds. The van der Waals surface area contributed by atoms with Crippen molar-refractivity contribution in [3.63, 3.8) is 0 Å². The SMILES string of the molecule is CNCC(=O)NC(C(=O)N1CCN(C(=O)c2cc(C(F)(F)F)nn2C)CC1)C1CCCCC1. The first-order valence-electron chi connectivity index (χ1n) is 11.2. The fourth-order valence-electron chi connectivity index (χ4n) is 4.53. The van der Waals surface area contributed by atoms with Gasteiger partial charge in [0.15, 0.2) is 5.69 Å². The first kappa shape index (κ1) is 25.0. The van der Waals surface area contributed by atoms with Gasteiger partial charge in [-0.3, -0.25) is 19.1 Å². The smallest absolute Gasteiger partial charge is 0.343 e. The molecule has 1 aliphatic heterocycles. The molecule has 0 radical (unpaired) electrons. The summed E-state index contributed by atoms with van der Waals surface area (Å²) >= 11 is 0. The van der Waals surface area contributed by atoms with Crippen molar-refractivity contribution in [1.29, 1.82) is 0 Å². The molecule has 1 saturated heterocycles. The molecule has 9 nitrogen and oxygen atoms in total. The summed E-state index contributed by atoms with van der Waals surface area (Å²) in [5.74, 6) is -0.897. The molecule has 2 N–H and O–H groups in total. The maximum Gasteiger partial charge on any atom is 0.435 e. The Bertz CT molecular complexity index is 858. The minimum atomic E-state index is -4.63. The maximum atomic E-state index is 13.3. The van der Waals surface area contributed by atoms with Crippen LogP contribution in [0.1, 0.15) is 48.3 Å². The molecule has 0 spiro atoms. The number of amides is 3. The Kier molecular flexibility index (Phi) is 7.98. The summed E-state index contributed by atoms with van der Waals surface area (Å²) < 4.78 is 39.7. The van der Waals surface area contributed by atoms with Crippen LogP contribution >= 0.6 is 0 Å². The van der Waals surface area contributed by atoms with Gasteiger partial charge in [-0.1, -0.05) is 19.3 Å². The van der Waals surface area contributed by atoms with Gasteiger partial charge in [0, 0.05) is 39.3 Å². The maximum absolute atomic E-state index is 13.3. The van der Waals surface area contributed by atoms with E-state index in [2.05, 4.69) is 15.7 Å². The van der Waals surface area contributed by atoms with Crippen molar-refractivity contribution in [3.8, 4) is 0 Å². The van der Waals surface area contributed by atoms with Gasteiger partial charge in [0.2, 0.25) is 11.8 Å². The molecule has 1 aromatic rings. The fourth-order valence-corrected chi connectivity index (χ4v) is 4.53. The first-order valence-corrected chi connectivity index (χ1v) is 11.2. The van der Waals surface area contributed by atoms with Crippen molar-refractivity contribution in [2.45, 2.75) is 44.3 Å². The molecular weight excluding hydrogens is 441 g/mol. The van der Waals surface area contributed by atoms with Gasteiger partial charge in [0.25, 0.3) is 5.91 Å². The van der Waals surface area contributed by atoms with Crippen LogP contribution in [-0.4, -0.2) is 83.1 Å². The molecule has 1 aromatic heterocycles. The number of nitrogens with zero attached hydrogens (tertiary/aromatic N) is 4. The third kappa shape index (κ3) is 6.04. The second-order valence-electron chi connectivity index (χ2n) is 8.63. The van der Waals surface area contributed by atoms with Gasteiger partial charge < -0.3 is 20.4 Å². The van der Waals surface area contributed by atoms with E-state index in [1.165, 1.54) is 11.9 Å². The van der Waals surface area contributed by atoms with E-state index in [0.29, 0.717) is 0 Å². The van der Waals surface area contributed by atoms with E-state index in [0.717, 1.165) is 42.9 Å². The van der Waals surface area contributed by atoms with Crippen LogP contribution in [0.4, 0.5) is 13.2 Å². The van der Waals surface area contributed by atoms with Gasteiger partial charge in [-0.25, -0.2) is 0 Å². The van der Waals surface area contributed by atoms with Gasteiger partial charge >= 0.3 is 6.18 Å². The standard InChI is InChI=1S/C21H31F3N6O3/c1-25-13-17(31)26-18(14-6-4-3-5-7-14)20(33)30-10-8-29(9-11-30)19(32)15-12-16(21(22,23)24)27-28(15)2/h12,14,18,25H,3-11,13H2,1-2H3,(H,26,31). The number of nitrogens with one attached hydrogen (secondary N) is 2. The number of likely N-dealkylation sites (N-methyl/N-ethyl adjacent to an activating group) is 1. The van der Waals surface area contributed by atoms with Gasteiger partial charge in [-0.2, -0.15) is 18.3 Å². The molecule has 0 bridgehead atoms. The summed E-state index contributed by atoms with van der Waals surface area (Å²) in [6, 6.07) is 0.135. The second-order valence-corrected chi connectivity index (χ2v) is 8.63. The van der Waals surface area contributed by atoms with Crippen molar-refractivity contribution in [1.82, 2.24) is 30.2 Å². The Hall–Kier alpha value is -2.63. The molecule has 1 saturated carbocycles. The van der Waals surface area contributed by atoms with E-state index in [9.17, 15) is 27.6 Å². The van der Waals surface area contributed by atoms with Gasteiger partial charge in [0.05, 0.1) is 6.54 Å². The largest absolute Gasteiger partial charge is 0.435 e. The second kappa shape index (κ2) is 10.5. The van der Waals surface area contributed by atoms with Crippen molar-refractivity contribution in [2.24, 2.45) is 13.0 Å². The molecule has 1 atom stereocenters. The Balaban J connectivity index is 1.64. The topological polar surface area (TPSA) is 99.6 Å². The predicted molar refractivity (Wildman–Crippen MR) is 113 cm³/mol. The van der Waals surface area contributed by atoms with Crippen LogP contribution in [0.15, 0.2) is 6.07 Å². The van der Waals surface area contributed by atoms with E-state index in [4.69, 9.17) is 0 Å². The molecule has 2 aliphatic rings. The molecule has 184 valence electrons. The van der Waals surface area contributed by atoms with Crippen molar-refractivity contribution < 1.29 is 27.6 Å². The Morgan fingerprint density at radius 3 is 2.24 bits per heavy atom. The zero-order valence-corrected chi connectivity index (χ0v) is 19.0. The summed E-state index contributed by atoms with van der Waals surface area (Å²) in [6.45, 7) is 1.00. The molecule has 2 heterocycles. The Labute approximate surface area is 190 Å². The van der Waals surface area contributed by atoms with E-state index >= 15 is 0 Å². The number of aromatic nitrogens is 2. The number of halogens is 3. The zero-order valence-electron chi connectivity index (χ0n) is 19.0. The molecule has 1 aliphatic carbocycles. The summed E-state index contributed by atoms with van der Waals surface area (Å²) in [4.78, 5) is 41.3. The highest BCUT2D eigenvalue weighted by Gasteiger charge is 2.38. The Morgan fingerprint density at radius 2 is 1.70 bits per heavy atom. The third-order valence-electron chi connectivity index (χ3n) is 6.31. The number of rotatable bonds is 6. The van der Waals surface area contributed by atoms with Crippen LogP contribution in [-0.2, 0) is 22.8 Å². The van der Waals surface area contributed by atoms with Crippen molar-refractivity contribution >= 4 is 17.7 Å². The van der Waals surface area contributed by atoms with Crippen LogP contribution in [0.5, 0.6) is 0 Å². The lowest BCUT2D eigenvalue weighted by Crippen LogP contribution is -2.58. The van der Waals surface area contributed by atoms with Gasteiger partial charge in [-0.15, -0.1) is 0 Å². The van der Waals surface area contributed by atoms with Crippen molar-refractivity contribution in [2.75, 3.05) is 39.8 Å². The number of carbonyl (C=O) groups excluding carboxylic acids is 3. The number of hydrogen-bond donors (Lipinski definition) is 2. The van der Waals surface area contributed by atoms with Crippen molar-refractivity contribution in [3.05, 3.63) is 17.5 Å².